The third kappa shape index (κ3) is 2.91. The molecule has 1 aromatic heterocycles. The Bertz CT molecular complexity index is 524. The quantitative estimate of drug-likeness (QED) is 0.661. The Labute approximate surface area is 109 Å². The highest BCUT2D eigenvalue weighted by molar-refractivity contribution is 7.99. The minimum atomic E-state index is 0.213. The summed E-state index contributed by atoms with van der Waals surface area (Å²) < 4.78 is 1.14. The number of benzene rings is 1. The Kier molecular flexibility index (Phi) is 3.91. The van der Waals surface area contributed by atoms with E-state index in [1.165, 1.54) is 0 Å². The number of hydrogen-bond acceptors (Lipinski definition) is 5. The summed E-state index contributed by atoms with van der Waals surface area (Å²) in [5.41, 5.74) is 7.84. The van der Waals surface area contributed by atoms with E-state index in [0.717, 1.165) is 31.6 Å². The Morgan fingerprint density at radius 3 is 3.00 bits per heavy atom. The first kappa shape index (κ1) is 12.7. The van der Waals surface area contributed by atoms with Crippen molar-refractivity contribution in [3.63, 3.8) is 0 Å². The monoisotopic (exact) mass is 268 g/mol. The number of anilines is 1. The molecule has 2 aromatic rings. The van der Waals surface area contributed by atoms with E-state index in [2.05, 4.69) is 4.98 Å². The molecule has 0 aliphatic heterocycles. The van der Waals surface area contributed by atoms with Gasteiger partial charge in [0.2, 0.25) is 0 Å². The van der Waals surface area contributed by atoms with Gasteiger partial charge in [0.15, 0.2) is 0 Å². The van der Waals surface area contributed by atoms with Crippen molar-refractivity contribution >= 4 is 39.0 Å². The zero-order chi connectivity index (χ0) is 12.4. The molecule has 5 heteroatoms. The van der Waals surface area contributed by atoms with Crippen LogP contribution in [-0.4, -0.2) is 22.5 Å². The molecule has 1 heterocycles. The lowest BCUT2D eigenvalue weighted by molar-refractivity contribution is 0.250. The second kappa shape index (κ2) is 5.25. The molecule has 0 spiro atoms. The number of fused-ring (bicyclic) bond motifs is 1. The molecule has 2 rings (SSSR count). The molecule has 0 radical (unpaired) electrons. The first-order valence-corrected chi connectivity index (χ1v) is 7.30. The van der Waals surface area contributed by atoms with Gasteiger partial charge in [-0.15, -0.1) is 23.1 Å². The number of hydrogen-bond donors (Lipinski definition) is 2. The van der Waals surface area contributed by atoms with Crippen LogP contribution in [-0.2, 0) is 0 Å². The van der Waals surface area contributed by atoms with Crippen molar-refractivity contribution in [1.82, 2.24) is 4.98 Å². The third-order valence-electron chi connectivity index (χ3n) is 2.46. The molecule has 0 aliphatic rings. The molecule has 3 nitrogen and oxygen atoms in total. The molecule has 17 heavy (non-hydrogen) atoms. The first-order chi connectivity index (χ1) is 8.10. The average molecular weight is 268 g/mol. The Balaban J connectivity index is 2.24. The van der Waals surface area contributed by atoms with Gasteiger partial charge in [0.1, 0.15) is 0 Å². The fourth-order valence-electron chi connectivity index (χ4n) is 1.50. The van der Waals surface area contributed by atoms with E-state index in [1.807, 2.05) is 26.0 Å². The maximum Gasteiger partial charge on any atom is 0.0907 e. The number of nitrogen functional groups attached to an aromatic ring is 1. The number of aryl methyl sites for hydroxylation is 1. The molecule has 1 unspecified atom stereocenters. The van der Waals surface area contributed by atoms with Crippen molar-refractivity contribution in [2.75, 3.05) is 18.1 Å². The Hall–Kier alpha value is -0.780. The second-order valence-electron chi connectivity index (χ2n) is 4.19. The third-order valence-corrected chi connectivity index (χ3v) is 4.80. The summed E-state index contributed by atoms with van der Waals surface area (Å²) in [7, 11) is 0. The van der Waals surface area contributed by atoms with Crippen LogP contribution in [0.1, 0.15) is 11.9 Å². The number of thiazole rings is 1. The molecule has 0 saturated heterocycles. The van der Waals surface area contributed by atoms with Gasteiger partial charge in [-0.05, 0) is 25.0 Å². The van der Waals surface area contributed by atoms with Crippen molar-refractivity contribution < 1.29 is 5.11 Å². The van der Waals surface area contributed by atoms with E-state index in [-0.39, 0.29) is 12.5 Å². The van der Waals surface area contributed by atoms with Crippen molar-refractivity contribution in [1.29, 1.82) is 0 Å². The second-order valence-corrected chi connectivity index (χ2v) is 6.49. The predicted octanol–water partition coefficient (Wildman–Crippen LogP) is 2.91. The van der Waals surface area contributed by atoms with Crippen LogP contribution in [0.5, 0.6) is 0 Å². The molecule has 3 N–H and O–H groups in total. The highest BCUT2D eigenvalue weighted by Crippen LogP contribution is 2.33. The zero-order valence-corrected chi connectivity index (χ0v) is 11.6. The minimum Gasteiger partial charge on any atom is -0.398 e. The van der Waals surface area contributed by atoms with Crippen LogP contribution in [0.3, 0.4) is 0 Å². The van der Waals surface area contributed by atoms with Crippen molar-refractivity contribution in [3.05, 3.63) is 17.1 Å². The van der Waals surface area contributed by atoms with E-state index < -0.39 is 0 Å². The summed E-state index contributed by atoms with van der Waals surface area (Å²) in [5.74, 6) is 1.15. The van der Waals surface area contributed by atoms with Crippen LogP contribution in [0.25, 0.3) is 10.2 Å². The lowest BCUT2D eigenvalue weighted by Crippen LogP contribution is -2.03. The Morgan fingerprint density at radius 2 is 2.29 bits per heavy atom. The highest BCUT2D eigenvalue weighted by atomic mass is 32.2. The standard InChI is InChI=1S/C12H16N2OS2/c1-7(5-15)6-16-11-4-10-12(3-9(11)13)17-8(2)14-10/h3-4,7,15H,5-6,13H2,1-2H3. The van der Waals surface area contributed by atoms with E-state index in [4.69, 9.17) is 10.8 Å². The summed E-state index contributed by atoms with van der Waals surface area (Å²) in [6.45, 7) is 4.24. The zero-order valence-electron chi connectivity index (χ0n) is 9.93. The summed E-state index contributed by atoms with van der Waals surface area (Å²) in [6, 6.07) is 4.04. The predicted molar refractivity (Wildman–Crippen MR) is 75.7 cm³/mol. The van der Waals surface area contributed by atoms with Gasteiger partial charge in [0.05, 0.1) is 15.2 Å². The fourth-order valence-corrected chi connectivity index (χ4v) is 3.34. The lowest BCUT2D eigenvalue weighted by atomic mass is 10.2. The van der Waals surface area contributed by atoms with Crippen LogP contribution in [0.15, 0.2) is 17.0 Å². The van der Waals surface area contributed by atoms with Crippen LogP contribution < -0.4 is 5.73 Å². The van der Waals surface area contributed by atoms with Gasteiger partial charge in [-0.25, -0.2) is 4.98 Å². The topological polar surface area (TPSA) is 59.1 Å². The Morgan fingerprint density at radius 1 is 1.53 bits per heavy atom. The van der Waals surface area contributed by atoms with E-state index in [1.54, 1.807) is 23.1 Å². The van der Waals surface area contributed by atoms with Crippen LogP contribution in [0.4, 0.5) is 5.69 Å². The number of aliphatic hydroxyl groups excluding tert-OH is 1. The normalized spacial score (nSPS) is 13.1. The smallest absolute Gasteiger partial charge is 0.0907 e. The number of rotatable bonds is 4. The van der Waals surface area contributed by atoms with Crippen molar-refractivity contribution in [3.8, 4) is 0 Å². The van der Waals surface area contributed by atoms with E-state index in [0.29, 0.717) is 0 Å². The molecular formula is C12H16N2OS2. The number of nitrogens with zero attached hydrogens (tertiary/aromatic N) is 1. The molecule has 0 fully saturated rings. The van der Waals surface area contributed by atoms with Gasteiger partial charge in [0.25, 0.3) is 0 Å². The van der Waals surface area contributed by atoms with Crippen molar-refractivity contribution in [2.45, 2.75) is 18.7 Å². The van der Waals surface area contributed by atoms with E-state index >= 15 is 0 Å². The minimum absolute atomic E-state index is 0.213. The average Bonchev–Trinajstić information content (AvgIpc) is 2.64. The lowest BCUT2D eigenvalue weighted by Gasteiger charge is -2.09. The molecule has 0 saturated carbocycles. The molecule has 1 aromatic carbocycles. The summed E-state index contributed by atoms with van der Waals surface area (Å²) in [5, 5.41) is 10.1. The summed E-state index contributed by atoms with van der Waals surface area (Å²) >= 11 is 3.35. The van der Waals surface area contributed by atoms with E-state index in [9.17, 15) is 0 Å². The van der Waals surface area contributed by atoms with Gasteiger partial charge in [-0.3, -0.25) is 0 Å². The fraction of sp³-hybridized carbons (Fsp3) is 0.417. The van der Waals surface area contributed by atoms with Gasteiger partial charge >= 0.3 is 0 Å². The van der Waals surface area contributed by atoms with Gasteiger partial charge < -0.3 is 10.8 Å². The number of aromatic nitrogens is 1. The van der Waals surface area contributed by atoms with Gasteiger partial charge in [-0.2, -0.15) is 0 Å². The molecular weight excluding hydrogens is 252 g/mol. The first-order valence-electron chi connectivity index (χ1n) is 5.50. The maximum atomic E-state index is 9.00. The van der Waals surface area contributed by atoms with Crippen LogP contribution in [0, 0.1) is 12.8 Å². The summed E-state index contributed by atoms with van der Waals surface area (Å²) in [4.78, 5) is 5.52. The van der Waals surface area contributed by atoms with Crippen LogP contribution in [0.2, 0.25) is 0 Å². The number of aliphatic hydroxyl groups is 1. The molecule has 0 amide bonds. The largest absolute Gasteiger partial charge is 0.398 e. The van der Waals surface area contributed by atoms with Crippen molar-refractivity contribution in [2.24, 2.45) is 5.92 Å². The number of thioether (sulfide) groups is 1. The highest BCUT2D eigenvalue weighted by Gasteiger charge is 2.08. The number of nitrogens with two attached hydrogens (primary N) is 1. The molecule has 0 aliphatic carbocycles. The van der Waals surface area contributed by atoms with Gasteiger partial charge in [0, 0.05) is 22.9 Å². The van der Waals surface area contributed by atoms with Crippen LogP contribution >= 0.6 is 23.1 Å². The molecule has 1 atom stereocenters. The van der Waals surface area contributed by atoms with Gasteiger partial charge in [-0.1, -0.05) is 6.92 Å². The molecule has 92 valence electrons. The SMILES string of the molecule is Cc1nc2cc(SCC(C)CO)c(N)cc2s1. The molecule has 0 bridgehead atoms. The summed E-state index contributed by atoms with van der Waals surface area (Å²) in [6.07, 6.45) is 0. The maximum absolute atomic E-state index is 9.00.